The van der Waals surface area contributed by atoms with Crippen LogP contribution >= 0.6 is 0 Å². The predicted octanol–water partition coefficient (Wildman–Crippen LogP) is 0.870. The van der Waals surface area contributed by atoms with Gasteiger partial charge >= 0.3 is 69.9 Å². The number of rotatable bonds is 1. The molecule has 0 saturated heterocycles. The molecule has 9 heavy (non-hydrogen) atoms. The van der Waals surface area contributed by atoms with Crippen LogP contribution in [-0.2, 0) is 0 Å². The fourth-order valence-electron chi connectivity index (χ4n) is 0.571. The molecular weight excluding hydrogens is 310 g/mol. The molecule has 0 N–H and O–H groups in total. The summed E-state index contributed by atoms with van der Waals surface area (Å²) >= 11 is 1.68. The number of methoxy groups -OCH3 is 1. The van der Waals surface area contributed by atoms with Gasteiger partial charge in [0.2, 0.25) is 0 Å². The molecule has 0 aliphatic rings. The first kappa shape index (κ1) is 7.02. The Hall–Kier alpha value is -0.0969. The molecule has 0 saturated carbocycles. The Bertz CT molecular complexity index is 181. The fraction of sp³-hybridized carbons (Fsp3) is 0.143. The van der Waals surface area contributed by atoms with Crippen molar-refractivity contribution in [3.05, 3.63) is 24.3 Å². The van der Waals surface area contributed by atoms with E-state index in [4.69, 9.17) is 4.74 Å². The van der Waals surface area contributed by atoms with Gasteiger partial charge in [0, 0.05) is 0 Å². The SMILES string of the molecule is COc1ccc([At])cc1. The summed E-state index contributed by atoms with van der Waals surface area (Å²) in [6.45, 7) is 0. The third-order valence-corrected chi connectivity index (χ3v) is 2.03. The monoisotopic (exact) mass is 317 g/mol. The molecule has 48 valence electrons. The average molecular weight is 317 g/mol. The van der Waals surface area contributed by atoms with Crippen LogP contribution in [0.1, 0.15) is 0 Å². The fourth-order valence-corrected chi connectivity index (χ4v) is 1.06. The van der Waals surface area contributed by atoms with Gasteiger partial charge in [-0.3, -0.25) is 0 Å². The van der Waals surface area contributed by atoms with E-state index in [1.54, 1.807) is 31.8 Å². The van der Waals surface area contributed by atoms with Crippen LogP contribution in [0.3, 0.4) is 0 Å². The number of ether oxygens (including phenoxy) is 1. The third-order valence-electron chi connectivity index (χ3n) is 1.05. The Morgan fingerprint density at radius 1 is 1.22 bits per heavy atom. The van der Waals surface area contributed by atoms with Crippen LogP contribution in [0, 0.1) is 24.7 Å². The Labute approximate surface area is 69.9 Å². The zero-order chi connectivity index (χ0) is 6.69. The molecule has 0 bridgehead atoms. The molecule has 2 heteroatoms. The van der Waals surface area contributed by atoms with Crippen LogP contribution in [0.25, 0.3) is 0 Å². The summed E-state index contributed by atoms with van der Waals surface area (Å²) in [5.74, 6) is 0.926. The summed E-state index contributed by atoms with van der Waals surface area (Å²) in [4.78, 5) is 0. The van der Waals surface area contributed by atoms with Gasteiger partial charge in [-0.2, -0.15) is 0 Å². The van der Waals surface area contributed by atoms with Gasteiger partial charge in [0.1, 0.15) is 0 Å². The zero-order valence-electron chi connectivity index (χ0n) is 5.10. The van der Waals surface area contributed by atoms with E-state index in [1.165, 1.54) is 3.27 Å². The Morgan fingerprint density at radius 3 is 2.22 bits per heavy atom. The van der Waals surface area contributed by atoms with Crippen molar-refractivity contribution in [2.75, 3.05) is 7.11 Å². The number of hydrogen-bond acceptors (Lipinski definition) is 1. The molecular formula is C7H7AtO. The van der Waals surface area contributed by atoms with Crippen molar-refractivity contribution >= 4 is 3.27 Å². The summed E-state index contributed by atoms with van der Waals surface area (Å²) in [6, 6.07) is 8.04. The molecule has 0 heterocycles. The first-order valence-corrected chi connectivity index (χ1v) is 4.09. The molecule has 0 unspecified atom stereocenters. The van der Waals surface area contributed by atoms with Crippen molar-refractivity contribution in [1.82, 2.24) is 0 Å². The van der Waals surface area contributed by atoms with E-state index in [0.717, 1.165) is 5.75 Å². The van der Waals surface area contributed by atoms with Crippen LogP contribution in [-0.4, -0.2) is 7.11 Å². The Balaban J connectivity index is 2.88. The van der Waals surface area contributed by atoms with E-state index in [9.17, 15) is 0 Å². The molecule has 0 fully saturated rings. The van der Waals surface area contributed by atoms with E-state index in [0.29, 0.717) is 0 Å². The molecule has 0 atom stereocenters. The molecule has 0 aliphatic heterocycles. The van der Waals surface area contributed by atoms with Crippen LogP contribution in [0.2, 0.25) is 0 Å². The van der Waals surface area contributed by atoms with Gasteiger partial charge in [0.15, 0.2) is 0 Å². The maximum absolute atomic E-state index is 4.98. The topological polar surface area (TPSA) is 9.23 Å². The summed E-state index contributed by atoms with van der Waals surface area (Å²) in [5.41, 5.74) is 0. The molecule has 0 amide bonds. The maximum atomic E-state index is 4.98. The number of hydrogen-bond donors (Lipinski definition) is 0. The normalized spacial score (nSPS) is 9.11. The van der Waals surface area contributed by atoms with Crippen LogP contribution in [0.15, 0.2) is 24.3 Å². The van der Waals surface area contributed by atoms with E-state index in [2.05, 4.69) is 12.1 Å². The standard InChI is InChI=1S/C7H7AtO/c1-9-7-4-2-6(8)3-5-7/h2-5H,1H3. The van der Waals surface area contributed by atoms with Gasteiger partial charge < -0.3 is 0 Å². The van der Waals surface area contributed by atoms with Crippen molar-refractivity contribution in [2.45, 2.75) is 0 Å². The van der Waals surface area contributed by atoms with Gasteiger partial charge in [-0.25, -0.2) is 0 Å². The van der Waals surface area contributed by atoms with Crippen LogP contribution in [0.5, 0.6) is 5.75 Å². The van der Waals surface area contributed by atoms with E-state index in [1.807, 2.05) is 12.1 Å². The van der Waals surface area contributed by atoms with Crippen molar-refractivity contribution in [3.8, 4) is 5.75 Å². The van der Waals surface area contributed by atoms with Gasteiger partial charge in [-0.05, 0) is 0 Å². The third kappa shape index (κ3) is 1.94. The van der Waals surface area contributed by atoms with Crippen LogP contribution < -0.4 is 8.01 Å². The second-order valence-corrected chi connectivity index (χ2v) is 3.35. The Morgan fingerprint density at radius 2 is 1.78 bits per heavy atom. The molecule has 0 aromatic heterocycles. The predicted molar refractivity (Wildman–Crippen MR) is 32.6 cm³/mol. The van der Waals surface area contributed by atoms with Gasteiger partial charge in [-0.15, -0.1) is 0 Å². The van der Waals surface area contributed by atoms with Crippen LogP contribution in [0.4, 0.5) is 0 Å². The first-order valence-electron chi connectivity index (χ1n) is 2.62. The molecule has 0 spiro atoms. The second-order valence-electron chi connectivity index (χ2n) is 1.66. The first-order chi connectivity index (χ1) is 4.33. The molecule has 1 nitrogen and oxygen atoms in total. The summed E-state index contributed by atoms with van der Waals surface area (Å²) in [5, 5.41) is 0. The van der Waals surface area contributed by atoms with Crippen molar-refractivity contribution in [3.63, 3.8) is 0 Å². The summed E-state index contributed by atoms with van der Waals surface area (Å²) in [7, 11) is 1.68. The molecule has 1 rings (SSSR count). The van der Waals surface area contributed by atoms with Crippen molar-refractivity contribution in [1.29, 1.82) is 0 Å². The number of benzene rings is 1. The summed E-state index contributed by atoms with van der Waals surface area (Å²) in [6.07, 6.45) is 0. The molecule has 0 radical (unpaired) electrons. The van der Waals surface area contributed by atoms with Crippen molar-refractivity contribution in [2.24, 2.45) is 0 Å². The van der Waals surface area contributed by atoms with E-state index >= 15 is 0 Å². The van der Waals surface area contributed by atoms with Gasteiger partial charge in [0.05, 0.1) is 0 Å². The minimum absolute atomic E-state index is 0.926. The van der Waals surface area contributed by atoms with E-state index < -0.39 is 0 Å². The summed E-state index contributed by atoms with van der Waals surface area (Å²) < 4.78 is 6.29. The average Bonchev–Trinajstić information content (AvgIpc) is 1.90. The van der Waals surface area contributed by atoms with Crippen molar-refractivity contribution < 1.29 is 29.5 Å². The molecule has 1 aromatic rings. The minimum atomic E-state index is 0.926. The quantitative estimate of drug-likeness (QED) is 0.747. The van der Waals surface area contributed by atoms with E-state index in [-0.39, 0.29) is 0 Å². The van der Waals surface area contributed by atoms with Gasteiger partial charge in [0.25, 0.3) is 0 Å². The second kappa shape index (κ2) is 3.17. The van der Waals surface area contributed by atoms with Gasteiger partial charge in [-0.1, -0.05) is 0 Å². The zero-order valence-corrected chi connectivity index (χ0v) is 8.03. The molecule has 0 aliphatic carbocycles. The molecule has 1 aromatic carbocycles. The Kier molecular flexibility index (Phi) is 2.47.